The lowest BCUT2D eigenvalue weighted by atomic mass is 9.89. The van der Waals surface area contributed by atoms with Gasteiger partial charge in [0.15, 0.2) is 11.5 Å². The Morgan fingerprint density at radius 1 is 0.864 bits per heavy atom. The SMILES string of the molecule is COc1ccc(C(CC#N)c2ccc(OC)c(OC)c2)cc1. The van der Waals surface area contributed by atoms with Crippen LogP contribution in [-0.2, 0) is 0 Å². The zero-order valence-electron chi connectivity index (χ0n) is 13.0. The molecular formula is C18H19NO3. The van der Waals surface area contributed by atoms with Gasteiger partial charge in [-0.25, -0.2) is 0 Å². The van der Waals surface area contributed by atoms with Gasteiger partial charge in [-0.3, -0.25) is 0 Å². The normalized spacial score (nSPS) is 11.4. The molecule has 114 valence electrons. The van der Waals surface area contributed by atoms with Crippen LogP contribution in [0, 0.1) is 11.3 Å². The minimum atomic E-state index is -0.0179. The van der Waals surface area contributed by atoms with E-state index in [9.17, 15) is 0 Å². The average Bonchev–Trinajstić information content (AvgIpc) is 2.59. The number of ether oxygens (including phenoxy) is 3. The fraction of sp³-hybridized carbons (Fsp3) is 0.278. The molecule has 0 amide bonds. The second kappa shape index (κ2) is 7.37. The van der Waals surface area contributed by atoms with Crippen molar-refractivity contribution in [1.29, 1.82) is 5.26 Å². The minimum absolute atomic E-state index is 0.0179. The molecule has 4 nitrogen and oxygen atoms in total. The monoisotopic (exact) mass is 297 g/mol. The summed E-state index contributed by atoms with van der Waals surface area (Å²) in [6.07, 6.45) is 0.391. The molecule has 0 spiro atoms. The number of hydrogen-bond donors (Lipinski definition) is 0. The first-order valence-electron chi connectivity index (χ1n) is 6.96. The summed E-state index contributed by atoms with van der Waals surface area (Å²) in [5, 5.41) is 9.16. The van der Waals surface area contributed by atoms with Crippen molar-refractivity contribution in [2.75, 3.05) is 21.3 Å². The Balaban J connectivity index is 2.40. The van der Waals surface area contributed by atoms with Gasteiger partial charge in [0.1, 0.15) is 5.75 Å². The smallest absolute Gasteiger partial charge is 0.161 e. The summed E-state index contributed by atoms with van der Waals surface area (Å²) < 4.78 is 15.8. The van der Waals surface area contributed by atoms with E-state index in [1.807, 2.05) is 42.5 Å². The molecule has 2 aromatic carbocycles. The number of hydrogen-bond acceptors (Lipinski definition) is 4. The van der Waals surface area contributed by atoms with Gasteiger partial charge in [0.2, 0.25) is 0 Å². The van der Waals surface area contributed by atoms with Gasteiger partial charge in [0.25, 0.3) is 0 Å². The zero-order chi connectivity index (χ0) is 15.9. The lowest BCUT2D eigenvalue weighted by Crippen LogP contribution is -2.02. The van der Waals surface area contributed by atoms with Crippen LogP contribution in [-0.4, -0.2) is 21.3 Å². The molecule has 0 N–H and O–H groups in total. The van der Waals surface area contributed by atoms with Crippen LogP contribution in [0.1, 0.15) is 23.5 Å². The maximum atomic E-state index is 9.16. The van der Waals surface area contributed by atoms with Crippen molar-refractivity contribution in [3.8, 4) is 23.3 Å². The molecule has 4 heteroatoms. The van der Waals surface area contributed by atoms with E-state index in [-0.39, 0.29) is 5.92 Å². The van der Waals surface area contributed by atoms with Crippen molar-refractivity contribution in [2.45, 2.75) is 12.3 Å². The summed E-state index contributed by atoms with van der Waals surface area (Å²) >= 11 is 0. The van der Waals surface area contributed by atoms with Gasteiger partial charge in [-0.15, -0.1) is 0 Å². The molecule has 22 heavy (non-hydrogen) atoms. The van der Waals surface area contributed by atoms with E-state index in [2.05, 4.69) is 6.07 Å². The van der Waals surface area contributed by atoms with Crippen molar-refractivity contribution < 1.29 is 14.2 Å². The quantitative estimate of drug-likeness (QED) is 0.814. The molecule has 0 heterocycles. The third-order valence-electron chi connectivity index (χ3n) is 3.62. The van der Waals surface area contributed by atoms with E-state index in [4.69, 9.17) is 19.5 Å². The largest absolute Gasteiger partial charge is 0.497 e. The minimum Gasteiger partial charge on any atom is -0.497 e. The number of nitriles is 1. The summed E-state index contributed by atoms with van der Waals surface area (Å²) in [6, 6.07) is 15.8. The van der Waals surface area contributed by atoms with Gasteiger partial charge in [-0.1, -0.05) is 18.2 Å². The first-order valence-corrected chi connectivity index (χ1v) is 6.96. The Bertz CT molecular complexity index is 659. The van der Waals surface area contributed by atoms with Gasteiger partial charge in [-0.05, 0) is 35.4 Å². The number of nitrogens with zero attached hydrogens (tertiary/aromatic N) is 1. The predicted molar refractivity (Wildman–Crippen MR) is 84.6 cm³/mol. The highest BCUT2D eigenvalue weighted by Crippen LogP contribution is 2.35. The van der Waals surface area contributed by atoms with Gasteiger partial charge in [0, 0.05) is 12.3 Å². The van der Waals surface area contributed by atoms with Gasteiger partial charge < -0.3 is 14.2 Å². The van der Waals surface area contributed by atoms with Crippen LogP contribution in [0.3, 0.4) is 0 Å². The molecule has 1 atom stereocenters. The summed E-state index contributed by atoms with van der Waals surface area (Å²) in [7, 11) is 4.85. The standard InChI is InChI=1S/C18H19NO3/c1-20-15-7-4-13(5-8-15)16(10-11-19)14-6-9-17(21-2)18(12-14)22-3/h4-9,12,16H,10H2,1-3H3. The van der Waals surface area contributed by atoms with Crippen molar-refractivity contribution in [3.05, 3.63) is 53.6 Å². The predicted octanol–water partition coefficient (Wildman–Crippen LogP) is 3.76. The van der Waals surface area contributed by atoms with Crippen LogP contribution in [0.5, 0.6) is 17.2 Å². The highest BCUT2D eigenvalue weighted by Gasteiger charge is 2.16. The highest BCUT2D eigenvalue weighted by atomic mass is 16.5. The molecule has 0 saturated heterocycles. The van der Waals surface area contributed by atoms with Gasteiger partial charge >= 0.3 is 0 Å². The summed E-state index contributed by atoms with van der Waals surface area (Å²) in [5.41, 5.74) is 2.08. The number of methoxy groups -OCH3 is 3. The van der Waals surface area contributed by atoms with Crippen molar-refractivity contribution in [2.24, 2.45) is 0 Å². The Kier molecular flexibility index (Phi) is 5.26. The van der Waals surface area contributed by atoms with Crippen LogP contribution in [0.2, 0.25) is 0 Å². The van der Waals surface area contributed by atoms with E-state index in [1.165, 1.54) is 0 Å². The lowest BCUT2D eigenvalue weighted by Gasteiger charge is -2.17. The Morgan fingerprint density at radius 3 is 2.05 bits per heavy atom. The third-order valence-corrected chi connectivity index (χ3v) is 3.62. The Hall–Kier alpha value is -2.67. The topological polar surface area (TPSA) is 51.5 Å². The molecular weight excluding hydrogens is 278 g/mol. The number of benzene rings is 2. The molecule has 2 aromatic rings. The first-order chi connectivity index (χ1) is 10.7. The molecule has 0 radical (unpaired) electrons. The summed E-state index contributed by atoms with van der Waals surface area (Å²) in [5.74, 6) is 2.12. The maximum Gasteiger partial charge on any atom is 0.161 e. The fourth-order valence-corrected chi connectivity index (χ4v) is 2.43. The average molecular weight is 297 g/mol. The molecule has 0 aliphatic carbocycles. The molecule has 0 aliphatic rings. The van der Waals surface area contributed by atoms with E-state index in [1.54, 1.807) is 21.3 Å². The van der Waals surface area contributed by atoms with Crippen molar-refractivity contribution >= 4 is 0 Å². The highest BCUT2D eigenvalue weighted by molar-refractivity contribution is 5.46. The second-order valence-corrected chi connectivity index (χ2v) is 4.80. The molecule has 0 fully saturated rings. The van der Waals surface area contributed by atoms with E-state index >= 15 is 0 Å². The van der Waals surface area contributed by atoms with Gasteiger partial charge in [-0.2, -0.15) is 5.26 Å². The van der Waals surface area contributed by atoms with Crippen LogP contribution >= 0.6 is 0 Å². The maximum absolute atomic E-state index is 9.16. The molecule has 0 aliphatic heterocycles. The van der Waals surface area contributed by atoms with E-state index in [0.29, 0.717) is 17.9 Å². The van der Waals surface area contributed by atoms with E-state index < -0.39 is 0 Å². The van der Waals surface area contributed by atoms with Crippen LogP contribution in [0.25, 0.3) is 0 Å². The lowest BCUT2D eigenvalue weighted by molar-refractivity contribution is 0.354. The fourth-order valence-electron chi connectivity index (χ4n) is 2.43. The van der Waals surface area contributed by atoms with Crippen molar-refractivity contribution in [3.63, 3.8) is 0 Å². The number of rotatable bonds is 6. The second-order valence-electron chi connectivity index (χ2n) is 4.80. The summed E-state index contributed by atoms with van der Waals surface area (Å²) in [4.78, 5) is 0. The van der Waals surface area contributed by atoms with Gasteiger partial charge in [0.05, 0.1) is 27.4 Å². The van der Waals surface area contributed by atoms with Crippen LogP contribution < -0.4 is 14.2 Å². The molecule has 2 rings (SSSR count). The molecule has 1 unspecified atom stereocenters. The summed E-state index contributed by atoms with van der Waals surface area (Å²) in [6.45, 7) is 0. The third kappa shape index (κ3) is 3.32. The zero-order valence-corrected chi connectivity index (χ0v) is 13.0. The van der Waals surface area contributed by atoms with Crippen LogP contribution in [0.15, 0.2) is 42.5 Å². The van der Waals surface area contributed by atoms with Crippen molar-refractivity contribution in [1.82, 2.24) is 0 Å². The molecule has 0 aromatic heterocycles. The van der Waals surface area contributed by atoms with E-state index in [0.717, 1.165) is 16.9 Å². The van der Waals surface area contributed by atoms with Crippen LogP contribution in [0.4, 0.5) is 0 Å². The Labute approximate surface area is 130 Å². The molecule has 0 bridgehead atoms. The Morgan fingerprint density at radius 2 is 1.50 bits per heavy atom. The first kappa shape index (κ1) is 15.7. The molecule has 0 saturated carbocycles.